The largest absolute Gasteiger partial charge is 0.486 e. The van der Waals surface area contributed by atoms with Crippen molar-refractivity contribution in [3.63, 3.8) is 0 Å². The van der Waals surface area contributed by atoms with Gasteiger partial charge in [0, 0.05) is 24.8 Å². The van der Waals surface area contributed by atoms with Crippen molar-refractivity contribution in [1.29, 1.82) is 0 Å². The average Bonchev–Trinajstić information content (AvgIpc) is 3.03. The predicted molar refractivity (Wildman–Crippen MR) is 96.8 cm³/mol. The predicted octanol–water partition coefficient (Wildman–Crippen LogP) is 2.48. The molecule has 2 heterocycles. The fourth-order valence-corrected chi connectivity index (χ4v) is 3.09. The molecule has 2 aromatic carbocycles. The summed E-state index contributed by atoms with van der Waals surface area (Å²) < 4.78 is 24.7. The number of rotatable bonds is 4. The Morgan fingerprint density at radius 1 is 1.07 bits per heavy atom. The van der Waals surface area contributed by atoms with E-state index >= 15 is 0 Å². The van der Waals surface area contributed by atoms with Gasteiger partial charge in [-0.05, 0) is 24.3 Å². The Morgan fingerprint density at radius 3 is 2.67 bits per heavy atom. The van der Waals surface area contributed by atoms with Crippen LogP contribution in [0.15, 0.2) is 42.5 Å². The SMILES string of the molecule is O=C(CN1CCN(c2ccc3c(c2)OCCO3)C1=O)Nc1ccccc1F. The van der Waals surface area contributed by atoms with Gasteiger partial charge in [0.15, 0.2) is 11.5 Å². The van der Waals surface area contributed by atoms with Gasteiger partial charge in [0.05, 0.1) is 5.69 Å². The van der Waals surface area contributed by atoms with Crippen molar-refractivity contribution in [2.45, 2.75) is 0 Å². The van der Waals surface area contributed by atoms with E-state index in [4.69, 9.17) is 9.47 Å². The quantitative estimate of drug-likeness (QED) is 0.896. The van der Waals surface area contributed by atoms with Gasteiger partial charge in [-0.15, -0.1) is 0 Å². The number of nitrogens with one attached hydrogen (secondary N) is 1. The molecule has 27 heavy (non-hydrogen) atoms. The summed E-state index contributed by atoms with van der Waals surface area (Å²) in [6.45, 7) is 1.67. The number of halogens is 1. The highest BCUT2D eigenvalue weighted by Crippen LogP contribution is 2.35. The second kappa shape index (κ2) is 7.14. The Kier molecular flexibility index (Phi) is 4.53. The molecular formula is C19H18FN3O4. The van der Waals surface area contributed by atoms with Crippen LogP contribution >= 0.6 is 0 Å². The molecule has 0 atom stereocenters. The topological polar surface area (TPSA) is 71.1 Å². The second-order valence-electron chi connectivity index (χ2n) is 6.21. The van der Waals surface area contributed by atoms with Crippen LogP contribution < -0.4 is 19.7 Å². The number of ether oxygens (including phenoxy) is 2. The maximum atomic E-state index is 13.6. The maximum absolute atomic E-state index is 13.6. The lowest BCUT2D eigenvalue weighted by atomic mass is 10.2. The summed E-state index contributed by atoms with van der Waals surface area (Å²) >= 11 is 0. The highest BCUT2D eigenvalue weighted by Gasteiger charge is 2.31. The summed E-state index contributed by atoms with van der Waals surface area (Å²) in [7, 11) is 0. The van der Waals surface area contributed by atoms with E-state index in [2.05, 4.69) is 5.32 Å². The van der Waals surface area contributed by atoms with Crippen molar-refractivity contribution in [2.75, 3.05) is 43.1 Å². The van der Waals surface area contributed by atoms with Crippen molar-refractivity contribution >= 4 is 23.3 Å². The number of nitrogens with zero attached hydrogens (tertiary/aromatic N) is 2. The molecule has 0 aromatic heterocycles. The van der Waals surface area contributed by atoms with Gasteiger partial charge in [-0.25, -0.2) is 9.18 Å². The first-order chi connectivity index (χ1) is 13.1. The van der Waals surface area contributed by atoms with Gasteiger partial charge in [0.1, 0.15) is 25.6 Å². The second-order valence-corrected chi connectivity index (χ2v) is 6.21. The minimum atomic E-state index is -0.517. The Bertz CT molecular complexity index is 889. The third-order valence-electron chi connectivity index (χ3n) is 4.41. The molecule has 7 nitrogen and oxygen atoms in total. The van der Waals surface area contributed by atoms with Gasteiger partial charge in [0.25, 0.3) is 0 Å². The number of carbonyl (C=O) groups is 2. The van der Waals surface area contributed by atoms with E-state index in [1.54, 1.807) is 35.2 Å². The third kappa shape index (κ3) is 3.51. The normalized spacial score (nSPS) is 15.8. The van der Waals surface area contributed by atoms with Crippen LogP contribution in [0.25, 0.3) is 0 Å². The van der Waals surface area contributed by atoms with Crippen LogP contribution in [0.1, 0.15) is 0 Å². The minimum absolute atomic E-state index is 0.0952. The van der Waals surface area contributed by atoms with Crippen LogP contribution in [0.5, 0.6) is 11.5 Å². The average molecular weight is 371 g/mol. The van der Waals surface area contributed by atoms with Crippen molar-refractivity contribution < 1.29 is 23.5 Å². The molecule has 3 amide bonds. The monoisotopic (exact) mass is 371 g/mol. The zero-order chi connectivity index (χ0) is 18.8. The molecule has 1 fully saturated rings. The van der Waals surface area contributed by atoms with Gasteiger partial charge < -0.3 is 19.7 Å². The van der Waals surface area contributed by atoms with E-state index in [1.165, 1.54) is 17.0 Å². The molecule has 2 aromatic rings. The smallest absolute Gasteiger partial charge is 0.325 e. The van der Waals surface area contributed by atoms with E-state index in [1.807, 2.05) is 0 Å². The fraction of sp³-hybridized carbons (Fsp3) is 0.263. The van der Waals surface area contributed by atoms with Crippen molar-refractivity contribution in [3.8, 4) is 11.5 Å². The first kappa shape index (κ1) is 17.1. The molecule has 0 saturated carbocycles. The van der Waals surface area contributed by atoms with Gasteiger partial charge in [-0.3, -0.25) is 9.69 Å². The van der Waals surface area contributed by atoms with E-state index in [0.29, 0.717) is 43.5 Å². The first-order valence-corrected chi connectivity index (χ1v) is 8.62. The standard InChI is InChI=1S/C19H18FN3O4/c20-14-3-1-2-4-15(14)21-18(24)12-22-7-8-23(19(22)25)13-5-6-16-17(11-13)27-10-9-26-16/h1-6,11H,7-10,12H2,(H,21,24). The molecule has 0 aliphatic carbocycles. The molecular weight excluding hydrogens is 353 g/mol. The number of fused-ring (bicyclic) bond motifs is 1. The lowest BCUT2D eigenvalue weighted by Gasteiger charge is -2.22. The van der Waals surface area contributed by atoms with Crippen LogP contribution in [0.4, 0.5) is 20.6 Å². The highest BCUT2D eigenvalue weighted by atomic mass is 19.1. The van der Waals surface area contributed by atoms with Crippen molar-refractivity contribution in [2.24, 2.45) is 0 Å². The number of benzene rings is 2. The molecule has 2 aliphatic heterocycles. The maximum Gasteiger partial charge on any atom is 0.325 e. The van der Waals surface area contributed by atoms with Crippen LogP contribution in [0, 0.1) is 5.82 Å². The molecule has 8 heteroatoms. The number of hydrogen-bond acceptors (Lipinski definition) is 4. The molecule has 0 spiro atoms. The van der Waals surface area contributed by atoms with Gasteiger partial charge in [0.2, 0.25) is 5.91 Å². The van der Waals surface area contributed by atoms with Gasteiger partial charge >= 0.3 is 6.03 Å². The number of urea groups is 1. The van der Waals surface area contributed by atoms with Crippen LogP contribution in [0.3, 0.4) is 0 Å². The summed E-state index contributed by atoms with van der Waals surface area (Å²) in [6.07, 6.45) is 0. The lowest BCUT2D eigenvalue weighted by Crippen LogP contribution is -2.37. The minimum Gasteiger partial charge on any atom is -0.486 e. The van der Waals surface area contributed by atoms with Gasteiger partial charge in [-0.1, -0.05) is 12.1 Å². The van der Waals surface area contributed by atoms with E-state index in [0.717, 1.165) is 0 Å². The molecule has 4 rings (SSSR count). The summed E-state index contributed by atoms with van der Waals surface area (Å²) in [6, 6.07) is 10.9. The molecule has 1 N–H and O–H groups in total. The fourth-order valence-electron chi connectivity index (χ4n) is 3.09. The molecule has 1 saturated heterocycles. The molecule has 140 valence electrons. The number of anilines is 2. The zero-order valence-corrected chi connectivity index (χ0v) is 14.5. The Hall–Kier alpha value is -3.29. The van der Waals surface area contributed by atoms with E-state index in [9.17, 15) is 14.0 Å². The summed E-state index contributed by atoms with van der Waals surface area (Å²) in [5, 5.41) is 2.49. The zero-order valence-electron chi connectivity index (χ0n) is 14.5. The van der Waals surface area contributed by atoms with Crippen LogP contribution in [-0.4, -0.2) is 49.7 Å². The Labute approximate surface area is 155 Å². The van der Waals surface area contributed by atoms with Gasteiger partial charge in [-0.2, -0.15) is 0 Å². The van der Waals surface area contributed by atoms with Crippen molar-refractivity contribution in [1.82, 2.24) is 4.90 Å². The first-order valence-electron chi connectivity index (χ1n) is 8.62. The summed E-state index contributed by atoms with van der Waals surface area (Å²) in [5.41, 5.74) is 0.777. The molecule has 0 unspecified atom stereocenters. The van der Waals surface area contributed by atoms with Crippen LogP contribution in [-0.2, 0) is 4.79 Å². The van der Waals surface area contributed by atoms with E-state index in [-0.39, 0.29) is 18.3 Å². The molecule has 0 radical (unpaired) electrons. The summed E-state index contributed by atoms with van der Waals surface area (Å²) in [5.74, 6) is 0.286. The van der Waals surface area contributed by atoms with Crippen molar-refractivity contribution in [3.05, 3.63) is 48.3 Å². The van der Waals surface area contributed by atoms with Crippen LogP contribution in [0.2, 0.25) is 0 Å². The number of amides is 3. The lowest BCUT2D eigenvalue weighted by molar-refractivity contribution is -0.116. The number of carbonyl (C=O) groups excluding carboxylic acids is 2. The highest BCUT2D eigenvalue weighted by molar-refractivity contribution is 5.99. The molecule has 0 bridgehead atoms. The molecule has 2 aliphatic rings. The number of hydrogen-bond donors (Lipinski definition) is 1. The van der Waals surface area contributed by atoms with E-state index < -0.39 is 11.7 Å². The Morgan fingerprint density at radius 2 is 1.85 bits per heavy atom. The summed E-state index contributed by atoms with van der Waals surface area (Å²) in [4.78, 5) is 27.8. The third-order valence-corrected chi connectivity index (χ3v) is 4.41. The Balaban J connectivity index is 1.41. The number of para-hydroxylation sites is 1.